The number of hydrogen-bond donors (Lipinski definition) is 1. The summed E-state index contributed by atoms with van der Waals surface area (Å²) in [7, 11) is 0. The Morgan fingerprint density at radius 2 is 1.89 bits per heavy atom. The highest BCUT2D eigenvalue weighted by Gasteiger charge is 2.10. The van der Waals surface area contributed by atoms with Crippen molar-refractivity contribution >= 4 is 11.8 Å². The Labute approximate surface area is 105 Å². The van der Waals surface area contributed by atoms with Crippen LogP contribution in [0.4, 0.5) is 0 Å². The molecule has 1 aromatic carbocycles. The van der Waals surface area contributed by atoms with Crippen LogP contribution in [0.2, 0.25) is 0 Å². The molecule has 1 aromatic rings. The highest BCUT2D eigenvalue weighted by Crippen LogP contribution is 2.12. The summed E-state index contributed by atoms with van der Waals surface area (Å²) in [5.41, 5.74) is 0.764. The average molecular weight is 252 g/mol. The van der Waals surface area contributed by atoms with Crippen LogP contribution in [0.1, 0.15) is 18.9 Å². The smallest absolute Gasteiger partial charge is 0.313 e. The highest BCUT2D eigenvalue weighted by atomic mass is 16.5. The van der Waals surface area contributed by atoms with Crippen molar-refractivity contribution in [3.63, 3.8) is 0 Å². The van der Waals surface area contributed by atoms with E-state index in [2.05, 4.69) is 4.74 Å². The summed E-state index contributed by atoms with van der Waals surface area (Å²) < 4.78 is 9.86. The minimum absolute atomic E-state index is 0.0396. The molecular formula is C13H16O5. The van der Waals surface area contributed by atoms with E-state index < -0.39 is 5.97 Å². The third-order valence-electron chi connectivity index (χ3n) is 2.15. The van der Waals surface area contributed by atoms with Crippen LogP contribution in [0.15, 0.2) is 24.3 Å². The lowest BCUT2D eigenvalue weighted by Gasteiger charge is -2.06. The molecule has 0 aromatic heterocycles. The summed E-state index contributed by atoms with van der Waals surface area (Å²) in [5.74, 6) is -0.356. The van der Waals surface area contributed by atoms with Crippen molar-refractivity contribution in [3.8, 4) is 5.75 Å². The highest BCUT2D eigenvalue weighted by molar-refractivity contribution is 5.96. The average Bonchev–Trinajstić information content (AvgIpc) is 2.37. The van der Waals surface area contributed by atoms with E-state index in [1.54, 1.807) is 31.2 Å². The molecule has 0 atom stereocenters. The lowest BCUT2D eigenvalue weighted by molar-refractivity contribution is -0.145. The number of aliphatic hydroxyl groups is 1. The zero-order valence-corrected chi connectivity index (χ0v) is 10.2. The van der Waals surface area contributed by atoms with Gasteiger partial charge in [-0.15, -0.1) is 0 Å². The quantitative estimate of drug-likeness (QED) is 0.580. The Kier molecular flexibility index (Phi) is 5.87. The second-order valence-corrected chi connectivity index (χ2v) is 3.61. The molecule has 0 amide bonds. The molecule has 0 saturated carbocycles. The molecule has 5 nitrogen and oxygen atoms in total. The van der Waals surface area contributed by atoms with Gasteiger partial charge in [0.25, 0.3) is 0 Å². The van der Waals surface area contributed by atoms with Gasteiger partial charge in [0.15, 0.2) is 5.78 Å². The first kappa shape index (κ1) is 14.2. The van der Waals surface area contributed by atoms with Crippen molar-refractivity contribution in [1.29, 1.82) is 0 Å². The zero-order valence-electron chi connectivity index (χ0n) is 10.2. The molecule has 0 spiro atoms. The number of esters is 1. The summed E-state index contributed by atoms with van der Waals surface area (Å²) >= 11 is 0. The predicted octanol–water partition coefficient (Wildman–Crippen LogP) is 1.08. The number of carbonyl (C=O) groups is 2. The van der Waals surface area contributed by atoms with Crippen LogP contribution in [0.3, 0.4) is 0 Å². The molecule has 0 bridgehead atoms. The molecule has 5 heteroatoms. The molecule has 0 heterocycles. The number of ether oxygens (including phenoxy) is 2. The molecule has 98 valence electrons. The van der Waals surface area contributed by atoms with Gasteiger partial charge >= 0.3 is 5.97 Å². The first-order chi connectivity index (χ1) is 8.65. The normalized spacial score (nSPS) is 9.89. The Balaban J connectivity index is 2.35. The summed E-state index contributed by atoms with van der Waals surface area (Å²) in [5, 5.41) is 8.85. The van der Waals surface area contributed by atoms with Crippen LogP contribution in [0.5, 0.6) is 5.75 Å². The Morgan fingerprint density at radius 1 is 1.22 bits per heavy atom. The minimum atomic E-state index is -0.540. The molecule has 0 radical (unpaired) electrons. The zero-order chi connectivity index (χ0) is 13.4. The van der Waals surface area contributed by atoms with Crippen molar-refractivity contribution in [2.45, 2.75) is 20.0 Å². The molecule has 0 aliphatic carbocycles. The molecule has 0 fully saturated rings. The van der Waals surface area contributed by atoms with Gasteiger partial charge < -0.3 is 14.6 Å². The third-order valence-corrected chi connectivity index (χ3v) is 2.15. The van der Waals surface area contributed by atoms with Gasteiger partial charge in [-0.1, -0.05) is 12.1 Å². The first-order valence-corrected chi connectivity index (χ1v) is 5.65. The van der Waals surface area contributed by atoms with Gasteiger partial charge in [0.05, 0.1) is 13.2 Å². The number of carbonyl (C=O) groups excluding carboxylic acids is 2. The second kappa shape index (κ2) is 7.45. The lowest BCUT2D eigenvalue weighted by atomic mass is 10.2. The van der Waals surface area contributed by atoms with E-state index >= 15 is 0 Å². The number of rotatable bonds is 7. The van der Waals surface area contributed by atoms with E-state index in [0.29, 0.717) is 5.75 Å². The van der Waals surface area contributed by atoms with E-state index in [0.717, 1.165) is 5.56 Å². The van der Waals surface area contributed by atoms with E-state index in [-0.39, 0.29) is 32.0 Å². The van der Waals surface area contributed by atoms with Crippen LogP contribution >= 0.6 is 0 Å². The Bertz CT molecular complexity index is 396. The van der Waals surface area contributed by atoms with Gasteiger partial charge in [-0.25, -0.2) is 0 Å². The fourth-order valence-corrected chi connectivity index (χ4v) is 1.28. The number of hydrogen-bond acceptors (Lipinski definition) is 5. The fourth-order valence-electron chi connectivity index (χ4n) is 1.28. The van der Waals surface area contributed by atoms with Gasteiger partial charge in [0.1, 0.15) is 18.8 Å². The molecular weight excluding hydrogens is 236 g/mol. The summed E-state index contributed by atoms with van der Waals surface area (Å²) in [4.78, 5) is 22.4. The van der Waals surface area contributed by atoms with Gasteiger partial charge in [0.2, 0.25) is 0 Å². The van der Waals surface area contributed by atoms with Crippen LogP contribution in [0, 0.1) is 0 Å². The monoisotopic (exact) mass is 252 g/mol. The largest absolute Gasteiger partial charge is 0.486 e. The number of aliphatic hydroxyl groups excluding tert-OH is 1. The topological polar surface area (TPSA) is 72.8 Å². The molecule has 18 heavy (non-hydrogen) atoms. The fraction of sp³-hybridized carbons (Fsp3) is 0.385. The number of benzene rings is 1. The van der Waals surface area contributed by atoms with Crippen molar-refractivity contribution in [3.05, 3.63) is 29.8 Å². The van der Waals surface area contributed by atoms with Crippen LogP contribution < -0.4 is 4.74 Å². The SMILES string of the molecule is CCOC(=O)CC(=O)COc1ccc(CO)cc1. The summed E-state index contributed by atoms with van der Waals surface area (Å²) in [6.45, 7) is 1.73. The van der Waals surface area contributed by atoms with Gasteiger partial charge in [-0.2, -0.15) is 0 Å². The first-order valence-electron chi connectivity index (χ1n) is 5.65. The maximum Gasteiger partial charge on any atom is 0.313 e. The van der Waals surface area contributed by atoms with E-state index in [9.17, 15) is 9.59 Å². The van der Waals surface area contributed by atoms with Crippen molar-refractivity contribution in [2.75, 3.05) is 13.2 Å². The lowest BCUT2D eigenvalue weighted by Crippen LogP contribution is -2.17. The van der Waals surface area contributed by atoms with Crippen molar-refractivity contribution in [2.24, 2.45) is 0 Å². The number of ketones is 1. The summed E-state index contributed by atoms with van der Waals surface area (Å²) in [6.07, 6.45) is -0.275. The second-order valence-electron chi connectivity index (χ2n) is 3.61. The van der Waals surface area contributed by atoms with Crippen LogP contribution in [0.25, 0.3) is 0 Å². The van der Waals surface area contributed by atoms with E-state index in [1.807, 2.05) is 0 Å². The molecule has 0 aliphatic rings. The predicted molar refractivity (Wildman–Crippen MR) is 64.1 cm³/mol. The molecule has 1 N–H and O–H groups in total. The van der Waals surface area contributed by atoms with E-state index in [1.165, 1.54) is 0 Å². The summed E-state index contributed by atoms with van der Waals surface area (Å²) in [6, 6.07) is 6.71. The van der Waals surface area contributed by atoms with Gasteiger partial charge in [-0.3, -0.25) is 9.59 Å². The molecule has 0 unspecified atom stereocenters. The van der Waals surface area contributed by atoms with Gasteiger partial charge in [-0.05, 0) is 24.6 Å². The van der Waals surface area contributed by atoms with Crippen LogP contribution in [-0.4, -0.2) is 30.1 Å². The maximum absolute atomic E-state index is 11.4. The Morgan fingerprint density at radius 3 is 2.44 bits per heavy atom. The van der Waals surface area contributed by atoms with Gasteiger partial charge in [0, 0.05) is 0 Å². The maximum atomic E-state index is 11.4. The number of Topliss-reactive ketones (excluding diaryl/α,β-unsaturated/α-hetero) is 1. The molecule has 0 aliphatic heterocycles. The molecule has 1 rings (SSSR count). The van der Waals surface area contributed by atoms with Crippen molar-refractivity contribution in [1.82, 2.24) is 0 Å². The molecule has 0 saturated heterocycles. The Hall–Kier alpha value is -1.88. The van der Waals surface area contributed by atoms with Crippen molar-refractivity contribution < 1.29 is 24.2 Å². The van der Waals surface area contributed by atoms with E-state index in [4.69, 9.17) is 9.84 Å². The minimum Gasteiger partial charge on any atom is -0.486 e. The standard InChI is InChI=1S/C13H16O5/c1-2-17-13(16)7-11(15)9-18-12-5-3-10(8-14)4-6-12/h3-6,14H,2,7-9H2,1H3. The third kappa shape index (κ3) is 4.97. The van der Waals surface area contributed by atoms with Crippen LogP contribution in [-0.2, 0) is 20.9 Å².